The standard InChI is InChI=1S/C10H12F2N2O/c1-6-2-3-8-13-7(10(11)12)4-9(15)14(8)5-6/h4,6,10H,2-3,5H2,1H3. The first-order chi connectivity index (χ1) is 7.08. The maximum absolute atomic E-state index is 12.4. The highest BCUT2D eigenvalue weighted by molar-refractivity contribution is 5.07. The Morgan fingerprint density at radius 1 is 1.60 bits per heavy atom. The second-order valence-electron chi connectivity index (χ2n) is 3.99. The van der Waals surface area contributed by atoms with E-state index in [0.29, 0.717) is 24.7 Å². The van der Waals surface area contributed by atoms with Crippen LogP contribution < -0.4 is 5.56 Å². The lowest BCUT2D eigenvalue weighted by atomic mass is 10.0. The number of alkyl halides is 2. The Bertz CT molecular complexity index is 428. The summed E-state index contributed by atoms with van der Waals surface area (Å²) in [5.74, 6) is 0.908. The zero-order valence-electron chi connectivity index (χ0n) is 8.41. The van der Waals surface area contributed by atoms with E-state index in [-0.39, 0.29) is 5.56 Å². The molecule has 2 heterocycles. The molecule has 0 fully saturated rings. The third-order valence-corrected chi connectivity index (χ3v) is 2.69. The molecular formula is C10H12F2N2O. The van der Waals surface area contributed by atoms with Crippen LogP contribution in [0.3, 0.4) is 0 Å². The Hall–Kier alpha value is -1.26. The third-order valence-electron chi connectivity index (χ3n) is 2.69. The minimum atomic E-state index is -2.66. The quantitative estimate of drug-likeness (QED) is 0.714. The van der Waals surface area contributed by atoms with Crippen molar-refractivity contribution in [3.63, 3.8) is 0 Å². The van der Waals surface area contributed by atoms with E-state index in [2.05, 4.69) is 4.98 Å². The summed E-state index contributed by atoms with van der Waals surface area (Å²) in [5, 5.41) is 0. The number of nitrogens with zero attached hydrogens (tertiary/aromatic N) is 2. The Morgan fingerprint density at radius 3 is 3.00 bits per heavy atom. The number of hydrogen-bond donors (Lipinski definition) is 0. The molecule has 82 valence electrons. The lowest BCUT2D eigenvalue weighted by molar-refractivity contribution is 0.144. The van der Waals surface area contributed by atoms with Gasteiger partial charge in [-0.15, -0.1) is 0 Å². The molecule has 0 spiro atoms. The Labute approximate surface area is 85.8 Å². The number of hydrogen-bond acceptors (Lipinski definition) is 2. The fourth-order valence-electron chi connectivity index (χ4n) is 1.85. The molecule has 3 nitrogen and oxygen atoms in total. The third kappa shape index (κ3) is 1.91. The zero-order valence-corrected chi connectivity index (χ0v) is 8.41. The second kappa shape index (κ2) is 3.72. The summed E-state index contributed by atoms with van der Waals surface area (Å²) in [7, 11) is 0. The van der Waals surface area contributed by atoms with Gasteiger partial charge in [-0.05, 0) is 12.3 Å². The van der Waals surface area contributed by atoms with Gasteiger partial charge in [0.05, 0.1) is 0 Å². The number of halogens is 2. The average Bonchev–Trinajstić information content (AvgIpc) is 2.18. The summed E-state index contributed by atoms with van der Waals surface area (Å²) in [5.41, 5.74) is -0.761. The fourth-order valence-corrected chi connectivity index (χ4v) is 1.85. The zero-order chi connectivity index (χ0) is 11.0. The van der Waals surface area contributed by atoms with Crippen molar-refractivity contribution in [1.82, 2.24) is 9.55 Å². The molecule has 1 atom stereocenters. The largest absolute Gasteiger partial charge is 0.296 e. The monoisotopic (exact) mass is 214 g/mol. The molecule has 0 aromatic carbocycles. The number of fused-ring (bicyclic) bond motifs is 1. The van der Waals surface area contributed by atoms with Crippen molar-refractivity contribution in [3.8, 4) is 0 Å². The minimum Gasteiger partial charge on any atom is -0.296 e. The molecule has 15 heavy (non-hydrogen) atoms. The van der Waals surface area contributed by atoms with Crippen molar-refractivity contribution >= 4 is 0 Å². The first-order valence-corrected chi connectivity index (χ1v) is 4.96. The number of aromatic nitrogens is 2. The number of rotatable bonds is 1. The first kappa shape index (κ1) is 10.3. The summed E-state index contributed by atoms with van der Waals surface area (Å²) in [6.07, 6.45) is -1.15. The van der Waals surface area contributed by atoms with Crippen LogP contribution >= 0.6 is 0 Å². The molecular weight excluding hydrogens is 202 g/mol. The fraction of sp³-hybridized carbons (Fsp3) is 0.600. The lowest BCUT2D eigenvalue weighted by Gasteiger charge is -2.22. The first-order valence-electron chi connectivity index (χ1n) is 4.96. The van der Waals surface area contributed by atoms with Crippen LogP contribution in [0.15, 0.2) is 10.9 Å². The van der Waals surface area contributed by atoms with Gasteiger partial charge in [-0.3, -0.25) is 9.36 Å². The minimum absolute atomic E-state index is 0.359. The van der Waals surface area contributed by atoms with Crippen molar-refractivity contribution in [2.75, 3.05) is 0 Å². The van der Waals surface area contributed by atoms with Crippen molar-refractivity contribution < 1.29 is 8.78 Å². The van der Waals surface area contributed by atoms with E-state index in [1.54, 1.807) is 0 Å². The molecule has 2 rings (SSSR count). The van der Waals surface area contributed by atoms with Crippen molar-refractivity contribution in [1.29, 1.82) is 0 Å². The summed E-state index contributed by atoms with van der Waals surface area (Å²) in [6, 6.07) is 0.937. The molecule has 1 aliphatic rings. The van der Waals surface area contributed by atoms with Gasteiger partial charge < -0.3 is 0 Å². The van der Waals surface area contributed by atoms with Crippen LogP contribution in [0, 0.1) is 5.92 Å². The maximum atomic E-state index is 12.4. The highest BCUT2D eigenvalue weighted by Gasteiger charge is 2.20. The van der Waals surface area contributed by atoms with E-state index in [1.165, 1.54) is 4.57 Å². The van der Waals surface area contributed by atoms with Gasteiger partial charge in [-0.25, -0.2) is 13.8 Å². The van der Waals surface area contributed by atoms with E-state index in [9.17, 15) is 13.6 Å². The van der Waals surface area contributed by atoms with Crippen LogP contribution in [0.25, 0.3) is 0 Å². The van der Waals surface area contributed by atoms with E-state index >= 15 is 0 Å². The molecule has 1 aromatic heterocycles. The SMILES string of the molecule is CC1CCc2nc(C(F)F)cc(=O)n2C1. The van der Waals surface area contributed by atoms with Crippen LogP contribution in [0.2, 0.25) is 0 Å². The average molecular weight is 214 g/mol. The van der Waals surface area contributed by atoms with Crippen molar-refractivity contribution in [2.45, 2.75) is 32.7 Å². The van der Waals surface area contributed by atoms with E-state index in [4.69, 9.17) is 0 Å². The van der Waals surface area contributed by atoms with Gasteiger partial charge in [0, 0.05) is 19.0 Å². The summed E-state index contributed by atoms with van der Waals surface area (Å²) in [4.78, 5) is 15.3. The van der Waals surface area contributed by atoms with Gasteiger partial charge in [-0.2, -0.15) is 0 Å². The van der Waals surface area contributed by atoms with E-state index in [1.807, 2.05) is 6.92 Å². The molecule has 0 saturated heterocycles. The lowest BCUT2D eigenvalue weighted by Crippen LogP contribution is -2.31. The van der Waals surface area contributed by atoms with Gasteiger partial charge >= 0.3 is 0 Å². The topological polar surface area (TPSA) is 34.9 Å². The molecule has 0 bridgehead atoms. The highest BCUT2D eigenvalue weighted by Crippen LogP contribution is 2.19. The smallest absolute Gasteiger partial charge is 0.280 e. The van der Waals surface area contributed by atoms with Gasteiger partial charge in [-0.1, -0.05) is 6.92 Å². The van der Waals surface area contributed by atoms with Crippen LogP contribution in [0.1, 0.15) is 31.3 Å². The molecule has 5 heteroatoms. The van der Waals surface area contributed by atoms with Crippen molar-refractivity contribution in [2.24, 2.45) is 5.92 Å². The summed E-state index contributed by atoms with van der Waals surface area (Å²) in [6.45, 7) is 2.63. The highest BCUT2D eigenvalue weighted by atomic mass is 19.3. The van der Waals surface area contributed by atoms with Crippen LogP contribution in [0.4, 0.5) is 8.78 Å². The summed E-state index contributed by atoms with van der Waals surface area (Å²) >= 11 is 0. The van der Waals surface area contributed by atoms with Gasteiger partial charge in [0.15, 0.2) is 0 Å². The Kier molecular flexibility index (Phi) is 2.54. The predicted molar refractivity (Wildman–Crippen MR) is 50.9 cm³/mol. The molecule has 1 aliphatic heterocycles. The van der Waals surface area contributed by atoms with E-state index < -0.39 is 12.1 Å². The molecule has 0 radical (unpaired) electrons. The van der Waals surface area contributed by atoms with Crippen LogP contribution in [-0.2, 0) is 13.0 Å². The molecule has 0 saturated carbocycles. The van der Waals surface area contributed by atoms with Gasteiger partial charge in [0.25, 0.3) is 12.0 Å². The number of aryl methyl sites for hydroxylation is 1. The maximum Gasteiger partial charge on any atom is 0.280 e. The van der Waals surface area contributed by atoms with Gasteiger partial charge in [0.1, 0.15) is 11.5 Å². The normalized spacial score (nSPS) is 20.4. The molecule has 0 N–H and O–H groups in total. The van der Waals surface area contributed by atoms with Crippen LogP contribution in [-0.4, -0.2) is 9.55 Å². The van der Waals surface area contributed by atoms with Gasteiger partial charge in [0.2, 0.25) is 0 Å². The summed E-state index contributed by atoms with van der Waals surface area (Å²) < 4.78 is 26.3. The molecule has 0 aliphatic carbocycles. The molecule has 1 aromatic rings. The molecule has 0 amide bonds. The van der Waals surface area contributed by atoms with Crippen molar-refractivity contribution in [3.05, 3.63) is 27.9 Å². The van der Waals surface area contributed by atoms with E-state index in [0.717, 1.165) is 12.5 Å². The molecule has 1 unspecified atom stereocenters. The Balaban J connectivity index is 2.48. The Morgan fingerprint density at radius 2 is 2.33 bits per heavy atom. The second-order valence-corrected chi connectivity index (χ2v) is 3.99. The van der Waals surface area contributed by atoms with Crippen LogP contribution in [0.5, 0.6) is 0 Å². The predicted octanol–water partition coefficient (Wildman–Crippen LogP) is 1.76.